The zero-order valence-electron chi connectivity index (χ0n) is 9.90. The predicted octanol–water partition coefficient (Wildman–Crippen LogP) is 3.74. The number of rotatable bonds is 5. The Morgan fingerprint density at radius 1 is 1.28 bits per heavy atom. The van der Waals surface area contributed by atoms with Gasteiger partial charge in [-0.3, -0.25) is 4.90 Å². The number of benzene rings is 1. The summed E-state index contributed by atoms with van der Waals surface area (Å²) in [4.78, 5) is 1.20. The highest BCUT2D eigenvalue weighted by Crippen LogP contribution is 2.19. The maximum atomic E-state index is 12.9. The molecule has 1 aromatic carbocycles. The molecule has 1 nitrogen and oxygen atoms in total. The minimum atomic E-state index is -4.26. The van der Waals surface area contributed by atoms with Gasteiger partial charge >= 0.3 is 6.18 Å². The third-order valence-corrected chi connectivity index (χ3v) is 2.67. The molecule has 0 aliphatic carbocycles. The molecule has 0 saturated heterocycles. The minimum absolute atomic E-state index is 0.109. The van der Waals surface area contributed by atoms with Crippen LogP contribution in [0.2, 0.25) is 0 Å². The Balaban J connectivity index is 2.76. The molecule has 0 aromatic heterocycles. The van der Waals surface area contributed by atoms with Gasteiger partial charge in [0.1, 0.15) is 5.82 Å². The monoisotopic (exact) mass is 283 g/mol. The standard InChI is InChI=1S/C12H14ClF4N/c1-9-6-11(14)3-2-10(9)7-18(5-4-13)8-12(15,16)17/h2-3,6H,4-5,7-8H2,1H3. The van der Waals surface area contributed by atoms with Gasteiger partial charge in [0.15, 0.2) is 0 Å². The minimum Gasteiger partial charge on any atom is -0.289 e. The van der Waals surface area contributed by atoms with Crippen molar-refractivity contribution < 1.29 is 17.6 Å². The van der Waals surface area contributed by atoms with E-state index < -0.39 is 18.5 Å². The van der Waals surface area contributed by atoms with E-state index in [-0.39, 0.29) is 19.0 Å². The SMILES string of the molecule is Cc1cc(F)ccc1CN(CCCl)CC(F)(F)F. The number of aryl methyl sites for hydroxylation is 1. The van der Waals surface area contributed by atoms with Crippen molar-refractivity contribution in [3.63, 3.8) is 0 Å². The Kier molecular flexibility index (Phi) is 5.41. The van der Waals surface area contributed by atoms with Crippen LogP contribution in [0.1, 0.15) is 11.1 Å². The maximum Gasteiger partial charge on any atom is 0.401 e. The highest BCUT2D eigenvalue weighted by Gasteiger charge is 2.30. The molecule has 0 N–H and O–H groups in total. The van der Waals surface area contributed by atoms with Gasteiger partial charge in [-0.25, -0.2) is 4.39 Å². The van der Waals surface area contributed by atoms with E-state index in [1.54, 1.807) is 6.92 Å². The molecule has 18 heavy (non-hydrogen) atoms. The van der Waals surface area contributed by atoms with Gasteiger partial charge in [0.25, 0.3) is 0 Å². The van der Waals surface area contributed by atoms with Crippen LogP contribution >= 0.6 is 11.6 Å². The van der Waals surface area contributed by atoms with Crippen LogP contribution in [0.4, 0.5) is 17.6 Å². The van der Waals surface area contributed by atoms with Crippen LogP contribution < -0.4 is 0 Å². The first-order chi connectivity index (χ1) is 8.31. The molecule has 102 valence electrons. The summed E-state index contributed by atoms with van der Waals surface area (Å²) in [5.74, 6) is -0.271. The second kappa shape index (κ2) is 6.38. The van der Waals surface area contributed by atoms with Crippen molar-refractivity contribution in [1.29, 1.82) is 0 Å². The number of nitrogens with zero attached hydrogens (tertiary/aromatic N) is 1. The summed E-state index contributed by atoms with van der Waals surface area (Å²) < 4.78 is 49.9. The Labute approximate surface area is 108 Å². The van der Waals surface area contributed by atoms with E-state index in [0.717, 1.165) is 0 Å². The number of halogens is 5. The van der Waals surface area contributed by atoms with Gasteiger partial charge in [-0.1, -0.05) is 6.07 Å². The quantitative estimate of drug-likeness (QED) is 0.588. The summed E-state index contributed by atoms with van der Waals surface area (Å²) >= 11 is 5.49. The summed E-state index contributed by atoms with van der Waals surface area (Å²) in [6.45, 7) is 0.900. The molecular weight excluding hydrogens is 270 g/mol. The summed E-state index contributed by atoms with van der Waals surface area (Å²) in [6, 6.07) is 4.05. The zero-order valence-corrected chi connectivity index (χ0v) is 10.7. The van der Waals surface area contributed by atoms with Crippen molar-refractivity contribution in [3.8, 4) is 0 Å². The van der Waals surface area contributed by atoms with E-state index in [1.165, 1.54) is 23.1 Å². The predicted molar refractivity (Wildman–Crippen MR) is 63.2 cm³/mol. The molecule has 0 atom stereocenters. The lowest BCUT2D eigenvalue weighted by Gasteiger charge is -2.23. The Bertz CT molecular complexity index is 392. The van der Waals surface area contributed by atoms with Gasteiger partial charge in [0.2, 0.25) is 0 Å². The third kappa shape index (κ3) is 5.23. The van der Waals surface area contributed by atoms with E-state index >= 15 is 0 Å². The second-order valence-electron chi connectivity index (χ2n) is 4.09. The highest BCUT2D eigenvalue weighted by atomic mass is 35.5. The topological polar surface area (TPSA) is 3.24 Å². The first-order valence-corrected chi connectivity index (χ1v) is 5.95. The molecular formula is C12H14ClF4N. The van der Waals surface area contributed by atoms with Crippen molar-refractivity contribution >= 4 is 11.6 Å². The third-order valence-electron chi connectivity index (χ3n) is 2.50. The van der Waals surface area contributed by atoms with Crippen molar-refractivity contribution in [2.75, 3.05) is 19.0 Å². The Morgan fingerprint density at radius 3 is 2.44 bits per heavy atom. The average molecular weight is 284 g/mol. The van der Waals surface area contributed by atoms with E-state index in [4.69, 9.17) is 11.6 Å². The van der Waals surface area contributed by atoms with Gasteiger partial charge in [0.05, 0.1) is 6.54 Å². The van der Waals surface area contributed by atoms with Crippen LogP contribution in [0.25, 0.3) is 0 Å². The van der Waals surface area contributed by atoms with Gasteiger partial charge in [-0.05, 0) is 30.2 Å². The van der Waals surface area contributed by atoms with E-state index in [1.807, 2.05) is 0 Å². The summed E-state index contributed by atoms with van der Waals surface area (Å²) in [7, 11) is 0. The fourth-order valence-electron chi connectivity index (χ4n) is 1.66. The lowest BCUT2D eigenvalue weighted by atomic mass is 10.1. The molecule has 0 fully saturated rings. The smallest absolute Gasteiger partial charge is 0.289 e. The van der Waals surface area contributed by atoms with Gasteiger partial charge < -0.3 is 0 Å². The highest BCUT2D eigenvalue weighted by molar-refractivity contribution is 6.18. The van der Waals surface area contributed by atoms with Gasteiger partial charge in [-0.2, -0.15) is 13.2 Å². The fourth-order valence-corrected chi connectivity index (χ4v) is 1.90. The Morgan fingerprint density at radius 2 is 1.94 bits per heavy atom. The van der Waals surface area contributed by atoms with Gasteiger partial charge in [-0.15, -0.1) is 11.6 Å². The maximum absolute atomic E-state index is 12.9. The van der Waals surface area contributed by atoms with E-state index in [2.05, 4.69) is 0 Å². The molecule has 0 unspecified atom stereocenters. The summed E-state index contributed by atoms with van der Waals surface area (Å²) in [5, 5.41) is 0. The lowest BCUT2D eigenvalue weighted by molar-refractivity contribution is -0.146. The van der Waals surface area contributed by atoms with Crippen molar-refractivity contribution in [1.82, 2.24) is 4.90 Å². The van der Waals surface area contributed by atoms with Crippen LogP contribution in [0, 0.1) is 12.7 Å². The Hall–Kier alpha value is -0.810. The van der Waals surface area contributed by atoms with Crippen molar-refractivity contribution in [2.45, 2.75) is 19.6 Å². The molecule has 0 amide bonds. The molecule has 0 heterocycles. The van der Waals surface area contributed by atoms with Gasteiger partial charge in [0, 0.05) is 19.0 Å². The average Bonchev–Trinajstić information content (AvgIpc) is 2.20. The molecule has 1 aromatic rings. The van der Waals surface area contributed by atoms with Crippen molar-refractivity contribution in [3.05, 3.63) is 35.1 Å². The van der Waals surface area contributed by atoms with Crippen molar-refractivity contribution in [2.24, 2.45) is 0 Å². The first kappa shape index (κ1) is 15.2. The first-order valence-electron chi connectivity index (χ1n) is 5.42. The molecule has 6 heteroatoms. The van der Waals surface area contributed by atoms with E-state index in [9.17, 15) is 17.6 Å². The summed E-state index contributed by atoms with van der Waals surface area (Å²) in [6.07, 6.45) is -4.26. The van der Waals surface area contributed by atoms with Crippen LogP contribution in [-0.2, 0) is 6.54 Å². The number of alkyl halides is 4. The molecule has 0 aliphatic heterocycles. The molecule has 0 spiro atoms. The zero-order chi connectivity index (χ0) is 13.8. The molecule has 0 saturated carbocycles. The normalized spacial score (nSPS) is 12.2. The van der Waals surface area contributed by atoms with Crippen LogP contribution in [-0.4, -0.2) is 30.0 Å². The fraction of sp³-hybridized carbons (Fsp3) is 0.500. The molecule has 0 radical (unpaired) electrons. The number of hydrogen-bond donors (Lipinski definition) is 0. The summed E-state index contributed by atoms with van der Waals surface area (Å²) in [5.41, 5.74) is 1.31. The lowest BCUT2D eigenvalue weighted by Crippen LogP contribution is -2.35. The molecule has 1 rings (SSSR count). The second-order valence-corrected chi connectivity index (χ2v) is 4.46. The van der Waals surface area contributed by atoms with Crippen LogP contribution in [0.3, 0.4) is 0 Å². The molecule has 0 aliphatic rings. The van der Waals surface area contributed by atoms with Crippen LogP contribution in [0.15, 0.2) is 18.2 Å². The van der Waals surface area contributed by atoms with Crippen LogP contribution in [0.5, 0.6) is 0 Å². The number of hydrogen-bond acceptors (Lipinski definition) is 1. The largest absolute Gasteiger partial charge is 0.401 e. The molecule has 0 bridgehead atoms. The van der Waals surface area contributed by atoms with E-state index in [0.29, 0.717) is 11.1 Å².